The molecule has 3 aromatic carbocycles. The molecule has 4 heteroatoms. The summed E-state index contributed by atoms with van der Waals surface area (Å²) < 4.78 is 5.70. The third-order valence-electron chi connectivity index (χ3n) is 4.11. The summed E-state index contributed by atoms with van der Waals surface area (Å²) in [7, 11) is 0. The van der Waals surface area contributed by atoms with Crippen molar-refractivity contribution in [2.24, 2.45) is 0 Å². The number of hydrogen-bond donors (Lipinski definition) is 1. The molecular formula is C20H14ClNO2. The molecule has 24 heavy (non-hydrogen) atoms. The second-order valence-corrected chi connectivity index (χ2v) is 6.15. The third-order valence-corrected chi connectivity index (χ3v) is 4.35. The van der Waals surface area contributed by atoms with Crippen LogP contribution >= 0.6 is 11.6 Å². The number of aryl methyl sites for hydroxylation is 1. The van der Waals surface area contributed by atoms with Gasteiger partial charge in [0.15, 0.2) is 5.76 Å². The number of carbonyl (C=O) groups is 1. The van der Waals surface area contributed by atoms with Gasteiger partial charge in [0.2, 0.25) is 0 Å². The molecule has 118 valence electrons. The van der Waals surface area contributed by atoms with Crippen molar-refractivity contribution in [3.63, 3.8) is 0 Å². The van der Waals surface area contributed by atoms with Crippen molar-refractivity contribution >= 4 is 44.9 Å². The van der Waals surface area contributed by atoms with Crippen LogP contribution in [0.3, 0.4) is 0 Å². The van der Waals surface area contributed by atoms with E-state index in [1.165, 1.54) is 0 Å². The van der Waals surface area contributed by atoms with Crippen molar-refractivity contribution in [3.05, 3.63) is 77.0 Å². The third kappa shape index (κ3) is 2.53. The highest BCUT2D eigenvalue weighted by Crippen LogP contribution is 2.28. The lowest BCUT2D eigenvalue weighted by Crippen LogP contribution is -2.12. The van der Waals surface area contributed by atoms with E-state index in [-0.39, 0.29) is 5.91 Å². The standard InChI is InChI=1S/C20H14ClNO2/c1-12-17-11-15(21)7-9-18(17)24-19(12)20(23)22-16-8-6-13-4-2-3-5-14(13)10-16/h2-11H,1H3,(H,22,23). The summed E-state index contributed by atoms with van der Waals surface area (Å²) in [6, 6.07) is 19.2. The number of amides is 1. The fourth-order valence-electron chi connectivity index (χ4n) is 2.86. The molecule has 0 bridgehead atoms. The van der Waals surface area contributed by atoms with E-state index in [9.17, 15) is 4.79 Å². The number of fused-ring (bicyclic) bond motifs is 2. The summed E-state index contributed by atoms with van der Waals surface area (Å²) in [5.74, 6) is 0.0375. The second-order valence-electron chi connectivity index (χ2n) is 5.71. The Labute approximate surface area is 143 Å². The van der Waals surface area contributed by atoms with E-state index in [0.29, 0.717) is 16.4 Å². The molecule has 1 aromatic heterocycles. The molecule has 0 fully saturated rings. The van der Waals surface area contributed by atoms with Crippen molar-refractivity contribution in [2.45, 2.75) is 6.92 Å². The quantitative estimate of drug-likeness (QED) is 0.503. The first-order valence-corrected chi connectivity index (χ1v) is 7.98. The molecule has 0 aliphatic rings. The average molecular weight is 336 g/mol. The molecule has 4 aromatic rings. The molecule has 0 spiro atoms. The van der Waals surface area contributed by atoms with Crippen molar-refractivity contribution in [3.8, 4) is 0 Å². The average Bonchev–Trinajstić information content (AvgIpc) is 2.91. The van der Waals surface area contributed by atoms with Gasteiger partial charge < -0.3 is 9.73 Å². The fraction of sp³-hybridized carbons (Fsp3) is 0.0500. The molecule has 0 aliphatic heterocycles. The summed E-state index contributed by atoms with van der Waals surface area (Å²) in [4.78, 5) is 12.6. The van der Waals surface area contributed by atoms with Gasteiger partial charge in [-0.15, -0.1) is 0 Å². The van der Waals surface area contributed by atoms with Gasteiger partial charge in [-0.1, -0.05) is 41.9 Å². The lowest BCUT2D eigenvalue weighted by atomic mass is 10.1. The number of carbonyl (C=O) groups excluding carboxylic acids is 1. The lowest BCUT2D eigenvalue weighted by molar-refractivity contribution is 0.0998. The molecular weight excluding hydrogens is 322 g/mol. The molecule has 0 saturated heterocycles. The minimum absolute atomic E-state index is 0.268. The number of benzene rings is 3. The largest absolute Gasteiger partial charge is 0.451 e. The van der Waals surface area contributed by atoms with Gasteiger partial charge in [0, 0.05) is 21.7 Å². The van der Waals surface area contributed by atoms with Crippen LogP contribution in [0.15, 0.2) is 65.1 Å². The van der Waals surface area contributed by atoms with Crippen LogP contribution in [-0.2, 0) is 0 Å². The maximum absolute atomic E-state index is 12.6. The van der Waals surface area contributed by atoms with Crippen molar-refractivity contribution in [1.29, 1.82) is 0 Å². The van der Waals surface area contributed by atoms with Crippen LogP contribution in [0, 0.1) is 6.92 Å². The first-order valence-electron chi connectivity index (χ1n) is 7.60. The van der Waals surface area contributed by atoms with Crippen molar-refractivity contribution < 1.29 is 9.21 Å². The SMILES string of the molecule is Cc1c(C(=O)Nc2ccc3ccccc3c2)oc2ccc(Cl)cc12. The lowest BCUT2D eigenvalue weighted by Gasteiger charge is -2.05. The van der Waals surface area contributed by atoms with E-state index in [0.717, 1.165) is 27.4 Å². The molecule has 1 N–H and O–H groups in total. The fourth-order valence-corrected chi connectivity index (χ4v) is 3.04. The van der Waals surface area contributed by atoms with Gasteiger partial charge >= 0.3 is 0 Å². The minimum Gasteiger partial charge on any atom is -0.451 e. The molecule has 0 atom stereocenters. The van der Waals surface area contributed by atoms with Crippen LogP contribution in [0.5, 0.6) is 0 Å². The summed E-state index contributed by atoms with van der Waals surface area (Å²) in [5.41, 5.74) is 2.17. The van der Waals surface area contributed by atoms with Crippen molar-refractivity contribution in [1.82, 2.24) is 0 Å². The molecule has 4 rings (SSSR count). The molecule has 0 saturated carbocycles. The normalized spacial score (nSPS) is 11.1. The van der Waals surface area contributed by atoms with Crippen LogP contribution < -0.4 is 5.32 Å². The smallest absolute Gasteiger partial charge is 0.291 e. The monoisotopic (exact) mass is 335 g/mol. The van der Waals surface area contributed by atoms with Gasteiger partial charge in [-0.3, -0.25) is 4.79 Å². The van der Waals surface area contributed by atoms with E-state index in [1.54, 1.807) is 12.1 Å². The van der Waals surface area contributed by atoms with E-state index in [4.69, 9.17) is 16.0 Å². The summed E-state index contributed by atoms with van der Waals surface area (Å²) in [6.45, 7) is 1.86. The number of hydrogen-bond acceptors (Lipinski definition) is 2. The Balaban J connectivity index is 1.69. The number of rotatable bonds is 2. The van der Waals surface area contributed by atoms with Crippen LogP contribution in [-0.4, -0.2) is 5.91 Å². The van der Waals surface area contributed by atoms with Crippen LogP contribution in [0.25, 0.3) is 21.7 Å². The predicted molar refractivity (Wildman–Crippen MR) is 97.9 cm³/mol. The summed E-state index contributed by atoms with van der Waals surface area (Å²) >= 11 is 6.02. The molecule has 0 unspecified atom stereocenters. The first kappa shape index (κ1) is 14.8. The number of nitrogens with one attached hydrogen (secondary N) is 1. The zero-order valence-corrected chi connectivity index (χ0v) is 13.7. The van der Waals surface area contributed by atoms with Crippen molar-refractivity contribution in [2.75, 3.05) is 5.32 Å². The van der Waals surface area contributed by atoms with E-state index >= 15 is 0 Å². The van der Waals surface area contributed by atoms with Gasteiger partial charge in [-0.05, 0) is 48.0 Å². The number of anilines is 1. The predicted octanol–water partition coefficient (Wildman–Crippen LogP) is 5.80. The van der Waals surface area contributed by atoms with Gasteiger partial charge in [0.1, 0.15) is 5.58 Å². The van der Waals surface area contributed by atoms with Gasteiger partial charge in [-0.25, -0.2) is 0 Å². The van der Waals surface area contributed by atoms with E-state index in [1.807, 2.05) is 55.5 Å². The summed E-state index contributed by atoms with van der Waals surface area (Å²) in [5, 5.41) is 6.57. The Kier molecular flexibility index (Phi) is 3.51. The Morgan fingerprint density at radius 3 is 2.62 bits per heavy atom. The van der Waals surface area contributed by atoms with Crippen LogP contribution in [0.4, 0.5) is 5.69 Å². The van der Waals surface area contributed by atoms with Gasteiger partial charge in [0.05, 0.1) is 0 Å². The Bertz CT molecular complexity index is 1080. The highest BCUT2D eigenvalue weighted by molar-refractivity contribution is 6.31. The maximum atomic E-state index is 12.6. The van der Waals surface area contributed by atoms with E-state index in [2.05, 4.69) is 5.32 Å². The minimum atomic E-state index is -0.268. The van der Waals surface area contributed by atoms with Gasteiger partial charge in [-0.2, -0.15) is 0 Å². The summed E-state index contributed by atoms with van der Waals surface area (Å²) in [6.07, 6.45) is 0. The molecule has 1 heterocycles. The number of halogens is 1. The van der Waals surface area contributed by atoms with Gasteiger partial charge in [0.25, 0.3) is 5.91 Å². The highest BCUT2D eigenvalue weighted by atomic mass is 35.5. The van der Waals surface area contributed by atoms with Crippen LogP contribution in [0.1, 0.15) is 16.1 Å². The zero-order valence-electron chi connectivity index (χ0n) is 13.0. The Morgan fingerprint density at radius 2 is 1.79 bits per heavy atom. The molecule has 1 amide bonds. The zero-order chi connectivity index (χ0) is 16.7. The van der Waals surface area contributed by atoms with Crippen LogP contribution in [0.2, 0.25) is 5.02 Å². The molecule has 0 radical (unpaired) electrons. The Hall–Kier alpha value is -2.78. The Morgan fingerprint density at radius 1 is 1.00 bits per heavy atom. The second kappa shape index (κ2) is 5.69. The van der Waals surface area contributed by atoms with E-state index < -0.39 is 0 Å². The first-order chi connectivity index (χ1) is 11.6. The highest BCUT2D eigenvalue weighted by Gasteiger charge is 2.18. The maximum Gasteiger partial charge on any atom is 0.291 e. The number of furan rings is 1. The molecule has 3 nitrogen and oxygen atoms in total. The topological polar surface area (TPSA) is 42.2 Å². The molecule has 0 aliphatic carbocycles.